The molecule has 1 N–H and O–H groups in total. The molecule has 0 amide bonds. The molecule has 4 heteroatoms. The average molecular weight is 179 g/mol. The number of hydrogen-bond acceptors (Lipinski definition) is 4. The third-order valence-corrected chi connectivity index (χ3v) is 2.12. The molecule has 70 valence electrons. The van der Waals surface area contributed by atoms with Gasteiger partial charge in [-0.3, -0.25) is 0 Å². The Bertz CT molecular complexity index is 244. The average Bonchev–Trinajstić information content (AvgIpc) is 2.47. The fraction of sp³-hybridized carbons (Fsp3) is 0.556. The zero-order chi connectivity index (χ0) is 8.93. The van der Waals surface area contributed by atoms with E-state index in [4.69, 9.17) is 4.74 Å². The molecule has 4 nitrogen and oxygen atoms in total. The molecule has 0 radical (unpaired) electrons. The first kappa shape index (κ1) is 8.59. The number of ether oxygens (including phenoxy) is 1. The lowest BCUT2D eigenvalue weighted by atomic mass is 10.2. The number of nitrogens with one attached hydrogen (secondary N) is 1. The third kappa shape index (κ3) is 2.23. The van der Waals surface area contributed by atoms with Crippen molar-refractivity contribution >= 4 is 0 Å². The predicted molar refractivity (Wildman–Crippen MR) is 48.2 cm³/mol. The molecule has 0 aliphatic carbocycles. The summed E-state index contributed by atoms with van der Waals surface area (Å²) in [6.45, 7) is 2.69. The summed E-state index contributed by atoms with van der Waals surface area (Å²) >= 11 is 0. The van der Waals surface area contributed by atoms with Crippen LogP contribution in [-0.4, -0.2) is 29.7 Å². The van der Waals surface area contributed by atoms with Crippen molar-refractivity contribution in [3.63, 3.8) is 0 Å². The summed E-state index contributed by atoms with van der Waals surface area (Å²) < 4.78 is 5.64. The van der Waals surface area contributed by atoms with Crippen LogP contribution in [0.1, 0.15) is 18.2 Å². The van der Waals surface area contributed by atoms with E-state index in [0.29, 0.717) is 0 Å². The van der Waals surface area contributed by atoms with E-state index in [1.54, 1.807) is 12.5 Å². The Morgan fingerprint density at radius 2 is 2.46 bits per heavy atom. The molecule has 0 bridgehead atoms. The fourth-order valence-electron chi connectivity index (χ4n) is 1.44. The van der Waals surface area contributed by atoms with Crippen LogP contribution in [0, 0.1) is 0 Å². The van der Waals surface area contributed by atoms with Gasteiger partial charge in [0.15, 0.2) is 0 Å². The molecule has 1 aromatic heterocycles. The zero-order valence-electron chi connectivity index (χ0n) is 7.44. The van der Waals surface area contributed by atoms with E-state index < -0.39 is 0 Å². The van der Waals surface area contributed by atoms with Crippen molar-refractivity contribution in [3.05, 3.63) is 24.3 Å². The molecule has 1 atom stereocenters. The number of rotatable bonds is 1. The highest BCUT2D eigenvalue weighted by molar-refractivity contribution is 5.02. The van der Waals surface area contributed by atoms with Crippen LogP contribution < -0.4 is 5.32 Å². The molecule has 1 fully saturated rings. The Labute approximate surface area is 77.4 Å². The second-order valence-corrected chi connectivity index (χ2v) is 3.03. The van der Waals surface area contributed by atoms with Gasteiger partial charge in [-0.25, -0.2) is 9.97 Å². The first-order valence-corrected chi connectivity index (χ1v) is 4.55. The summed E-state index contributed by atoms with van der Waals surface area (Å²) in [7, 11) is 0. The molecule has 0 unspecified atom stereocenters. The largest absolute Gasteiger partial charge is 0.371 e. The minimum absolute atomic E-state index is 0.137. The molecule has 0 aromatic carbocycles. The predicted octanol–water partition coefficient (Wildman–Crippen LogP) is 0.528. The number of aromatic nitrogens is 2. The highest BCUT2D eigenvalue weighted by Crippen LogP contribution is 2.18. The minimum atomic E-state index is 0.137. The second-order valence-electron chi connectivity index (χ2n) is 3.03. The summed E-state index contributed by atoms with van der Waals surface area (Å²) in [6.07, 6.45) is 4.44. The molecule has 13 heavy (non-hydrogen) atoms. The molecule has 1 aliphatic heterocycles. The van der Waals surface area contributed by atoms with Crippen LogP contribution in [-0.2, 0) is 4.74 Å². The van der Waals surface area contributed by atoms with E-state index in [-0.39, 0.29) is 6.10 Å². The number of hydrogen-bond donors (Lipinski definition) is 1. The lowest BCUT2D eigenvalue weighted by Crippen LogP contribution is -2.16. The van der Waals surface area contributed by atoms with Gasteiger partial charge in [-0.2, -0.15) is 0 Å². The molecule has 0 saturated carbocycles. The Morgan fingerprint density at radius 3 is 3.31 bits per heavy atom. The van der Waals surface area contributed by atoms with Crippen molar-refractivity contribution in [1.82, 2.24) is 15.3 Å². The van der Waals surface area contributed by atoms with Crippen LogP contribution >= 0.6 is 0 Å². The van der Waals surface area contributed by atoms with E-state index in [1.165, 1.54) is 0 Å². The Kier molecular flexibility index (Phi) is 2.84. The van der Waals surface area contributed by atoms with Gasteiger partial charge in [-0.05, 0) is 19.0 Å². The highest BCUT2D eigenvalue weighted by Gasteiger charge is 2.14. The first-order chi connectivity index (χ1) is 6.47. The van der Waals surface area contributed by atoms with E-state index >= 15 is 0 Å². The lowest BCUT2D eigenvalue weighted by molar-refractivity contribution is 0.0613. The van der Waals surface area contributed by atoms with Gasteiger partial charge in [0.2, 0.25) is 0 Å². The Hall–Kier alpha value is -1.00. The fourth-order valence-corrected chi connectivity index (χ4v) is 1.44. The standard InChI is InChI=1S/C9H13N3O/c1-3-11-7-12-8(1)9-2-4-10-5-6-13-9/h1,3,7,9-10H,2,4-6H2/t9-/m0/s1. The van der Waals surface area contributed by atoms with Crippen LogP contribution in [0.2, 0.25) is 0 Å². The molecule has 2 heterocycles. The molecule has 2 rings (SSSR count). The van der Waals surface area contributed by atoms with Crippen molar-refractivity contribution in [2.45, 2.75) is 12.5 Å². The maximum Gasteiger partial charge on any atom is 0.115 e. The van der Waals surface area contributed by atoms with Gasteiger partial charge >= 0.3 is 0 Å². The summed E-state index contributed by atoms with van der Waals surface area (Å²) in [6, 6.07) is 1.91. The summed E-state index contributed by atoms with van der Waals surface area (Å²) in [5, 5.41) is 3.28. The monoisotopic (exact) mass is 179 g/mol. The maximum absolute atomic E-state index is 5.64. The summed E-state index contributed by atoms with van der Waals surface area (Å²) in [5.74, 6) is 0. The van der Waals surface area contributed by atoms with E-state index in [1.807, 2.05) is 6.07 Å². The van der Waals surface area contributed by atoms with Crippen molar-refractivity contribution < 1.29 is 4.74 Å². The lowest BCUT2D eigenvalue weighted by Gasteiger charge is -2.12. The SMILES string of the molecule is c1cc([C@@H]2CCNCCO2)ncn1. The van der Waals surface area contributed by atoms with E-state index in [0.717, 1.165) is 31.8 Å². The van der Waals surface area contributed by atoms with Gasteiger partial charge in [0, 0.05) is 12.7 Å². The molecule has 1 saturated heterocycles. The van der Waals surface area contributed by atoms with Crippen LogP contribution in [0.4, 0.5) is 0 Å². The van der Waals surface area contributed by atoms with Crippen molar-refractivity contribution in [3.8, 4) is 0 Å². The van der Waals surface area contributed by atoms with Gasteiger partial charge < -0.3 is 10.1 Å². The van der Waals surface area contributed by atoms with Gasteiger partial charge in [0.1, 0.15) is 12.4 Å². The quantitative estimate of drug-likeness (QED) is 0.683. The van der Waals surface area contributed by atoms with Gasteiger partial charge in [0.25, 0.3) is 0 Å². The van der Waals surface area contributed by atoms with Crippen molar-refractivity contribution in [2.75, 3.05) is 19.7 Å². The zero-order valence-corrected chi connectivity index (χ0v) is 7.44. The van der Waals surface area contributed by atoms with Crippen LogP contribution in [0.25, 0.3) is 0 Å². The van der Waals surface area contributed by atoms with Crippen LogP contribution in [0.5, 0.6) is 0 Å². The summed E-state index contributed by atoms with van der Waals surface area (Å²) in [4.78, 5) is 8.06. The maximum atomic E-state index is 5.64. The molecule has 0 spiro atoms. The number of nitrogens with zero attached hydrogens (tertiary/aromatic N) is 2. The second kappa shape index (κ2) is 4.30. The smallest absolute Gasteiger partial charge is 0.115 e. The van der Waals surface area contributed by atoms with Crippen molar-refractivity contribution in [1.29, 1.82) is 0 Å². The minimum Gasteiger partial charge on any atom is -0.371 e. The molecule has 1 aromatic rings. The highest BCUT2D eigenvalue weighted by atomic mass is 16.5. The van der Waals surface area contributed by atoms with Crippen molar-refractivity contribution in [2.24, 2.45) is 0 Å². The molecular formula is C9H13N3O. The first-order valence-electron chi connectivity index (χ1n) is 4.55. The summed E-state index contributed by atoms with van der Waals surface area (Å²) in [5.41, 5.74) is 0.985. The Morgan fingerprint density at radius 1 is 1.46 bits per heavy atom. The topological polar surface area (TPSA) is 47.0 Å². The van der Waals surface area contributed by atoms with Gasteiger partial charge in [-0.15, -0.1) is 0 Å². The molecular weight excluding hydrogens is 166 g/mol. The van der Waals surface area contributed by atoms with E-state index in [9.17, 15) is 0 Å². The van der Waals surface area contributed by atoms with Gasteiger partial charge in [0.05, 0.1) is 12.3 Å². The van der Waals surface area contributed by atoms with Crippen LogP contribution in [0.3, 0.4) is 0 Å². The molecule has 1 aliphatic rings. The third-order valence-electron chi connectivity index (χ3n) is 2.12. The van der Waals surface area contributed by atoms with Gasteiger partial charge in [-0.1, -0.05) is 0 Å². The Balaban J connectivity index is 2.06. The van der Waals surface area contributed by atoms with E-state index in [2.05, 4.69) is 15.3 Å². The normalized spacial score (nSPS) is 23.8. The van der Waals surface area contributed by atoms with Crippen LogP contribution in [0.15, 0.2) is 18.6 Å².